The number of anilines is 1. The molecule has 0 fully saturated rings. The lowest BCUT2D eigenvalue weighted by atomic mass is 10.2. The van der Waals surface area contributed by atoms with Gasteiger partial charge in [0, 0.05) is 6.54 Å². The molecule has 0 saturated carbocycles. The van der Waals surface area contributed by atoms with Crippen LogP contribution in [-0.4, -0.2) is 32.7 Å². The van der Waals surface area contributed by atoms with Gasteiger partial charge in [-0.3, -0.25) is 4.79 Å². The second-order valence-corrected chi connectivity index (χ2v) is 3.39. The third kappa shape index (κ3) is 4.40. The first-order valence-electron chi connectivity index (χ1n) is 4.55. The molecule has 8 heteroatoms. The van der Waals surface area contributed by atoms with E-state index in [9.17, 15) is 4.79 Å². The van der Waals surface area contributed by atoms with Crippen molar-refractivity contribution >= 4 is 29.0 Å². The third-order valence-electron chi connectivity index (χ3n) is 1.74. The number of aliphatic carboxylic acids is 1. The molecule has 1 aromatic rings. The van der Waals surface area contributed by atoms with Crippen molar-refractivity contribution < 1.29 is 9.90 Å². The minimum absolute atomic E-state index is 0.0641. The molecule has 1 rings (SSSR count). The van der Waals surface area contributed by atoms with Crippen molar-refractivity contribution in [1.82, 2.24) is 15.3 Å². The molecule has 0 aliphatic rings. The average molecular weight is 251 g/mol. The largest absolute Gasteiger partial charge is 0.480 e. The van der Waals surface area contributed by atoms with Gasteiger partial charge in [-0.15, -0.1) is 0 Å². The van der Waals surface area contributed by atoms with Crippen LogP contribution in [0.3, 0.4) is 0 Å². The lowest BCUT2D eigenvalue weighted by Gasteiger charge is -2.10. The summed E-state index contributed by atoms with van der Waals surface area (Å²) in [4.78, 5) is 18.1. The highest BCUT2D eigenvalue weighted by molar-refractivity contribution is 7.80. The SMILES string of the molecule is N#CC(CNC(=S)Nc1cncnc1)C(=O)O. The van der Waals surface area contributed by atoms with Gasteiger partial charge in [0.15, 0.2) is 11.0 Å². The molecule has 0 aliphatic carbocycles. The highest BCUT2D eigenvalue weighted by Gasteiger charge is 2.16. The zero-order valence-corrected chi connectivity index (χ0v) is 9.44. The van der Waals surface area contributed by atoms with Gasteiger partial charge in [0.1, 0.15) is 6.33 Å². The van der Waals surface area contributed by atoms with Crippen LogP contribution >= 0.6 is 12.2 Å². The van der Waals surface area contributed by atoms with E-state index >= 15 is 0 Å². The Morgan fingerprint density at radius 2 is 2.24 bits per heavy atom. The van der Waals surface area contributed by atoms with E-state index in [2.05, 4.69) is 20.6 Å². The van der Waals surface area contributed by atoms with E-state index in [1.54, 1.807) is 6.07 Å². The predicted octanol–water partition coefficient (Wildman–Crippen LogP) is -0.0126. The normalized spacial score (nSPS) is 11.0. The maximum absolute atomic E-state index is 10.6. The summed E-state index contributed by atoms with van der Waals surface area (Å²) >= 11 is 4.91. The van der Waals surface area contributed by atoms with Crippen LogP contribution in [-0.2, 0) is 4.79 Å². The summed E-state index contributed by atoms with van der Waals surface area (Å²) in [6.07, 6.45) is 4.40. The Morgan fingerprint density at radius 1 is 1.59 bits per heavy atom. The number of aromatic nitrogens is 2. The number of nitrogens with one attached hydrogen (secondary N) is 2. The van der Waals surface area contributed by atoms with Gasteiger partial charge >= 0.3 is 5.97 Å². The smallest absolute Gasteiger partial charge is 0.322 e. The maximum Gasteiger partial charge on any atom is 0.322 e. The molecule has 1 heterocycles. The zero-order valence-electron chi connectivity index (χ0n) is 8.62. The highest BCUT2D eigenvalue weighted by atomic mass is 32.1. The van der Waals surface area contributed by atoms with Crippen LogP contribution in [0.1, 0.15) is 0 Å². The number of thiocarbonyl (C=S) groups is 1. The Labute approximate surface area is 103 Å². The van der Waals surface area contributed by atoms with Gasteiger partial charge in [0.05, 0.1) is 24.2 Å². The second kappa shape index (κ2) is 6.34. The number of rotatable bonds is 4. The molecule has 0 aromatic carbocycles. The van der Waals surface area contributed by atoms with Crippen molar-refractivity contribution in [3.8, 4) is 6.07 Å². The van der Waals surface area contributed by atoms with E-state index in [1.807, 2.05) is 0 Å². The van der Waals surface area contributed by atoms with Gasteiger partial charge in [-0.25, -0.2) is 9.97 Å². The van der Waals surface area contributed by atoms with Crippen molar-refractivity contribution in [3.63, 3.8) is 0 Å². The van der Waals surface area contributed by atoms with Crippen molar-refractivity contribution in [2.75, 3.05) is 11.9 Å². The molecule has 1 aromatic heterocycles. The number of hydrogen-bond donors (Lipinski definition) is 3. The number of carboxylic acid groups (broad SMARTS) is 1. The molecule has 1 unspecified atom stereocenters. The Kier molecular flexibility index (Phi) is 4.77. The number of hydrogen-bond acceptors (Lipinski definition) is 5. The van der Waals surface area contributed by atoms with Crippen molar-refractivity contribution in [2.45, 2.75) is 0 Å². The fourth-order valence-electron chi connectivity index (χ4n) is 0.922. The minimum Gasteiger partial charge on any atom is -0.480 e. The number of carbonyl (C=O) groups is 1. The molecule has 3 N–H and O–H groups in total. The average Bonchev–Trinajstić information content (AvgIpc) is 2.30. The molecular formula is C9H9N5O2S. The first-order chi connectivity index (χ1) is 8.13. The Morgan fingerprint density at radius 3 is 2.76 bits per heavy atom. The van der Waals surface area contributed by atoms with Crippen LogP contribution in [0.2, 0.25) is 0 Å². The van der Waals surface area contributed by atoms with Crippen LogP contribution in [0.4, 0.5) is 5.69 Å². The Balaban J connectivity index is 2.41. The van der Waals surface area contributed by atoms with Gasteiger partial charge in [0.2, 0.25) is 0 Å². The fourth-order valence-corrected chi connectivity index (χ4v) is 1.12. The van der Waals surface area contributed by atoms with Crippen LogP contribution in [0.5, 0.6) is 0 Å². The lowest BCUT2D eigenvalue weighted by molar-refractivity contribution is -0.139. The molecule has 0 amide bonds. The molecule has 88 valence electrons. The molecule has 7 nitrogen and oxygen atoms in total. The van der Waals surface area contributed by atoms with Gasteiger partial charge in [-0.1, -0.05) is 0 Å². The monoisotopic (exact) mass is 251 g/mol. The summed E-state index contributed by atoms with van der Waals surface area (Å²) in [6, 6.07) is 1.65. The summed E-state index contributed by atoms with van der Waals surface area (Å²) in [6.45, 7) is -0.0641. The molecule has 1 atom stereocenters. The van der Waals surface area contributed by atoms with E-state index in [-0.39, 0.29) is 11.7 Å². The lowest BCUT2D eigenvalue weighted by Crippen LogP contribution is -2.35. The van der Waals surface area contributed by atoms with Crippen molar-refractivity contribution in [3.05, 3.63) is 18.7 Å². The second-order valence-electron chi connectivity index (χ2n) is 2.98. The molecule has 0 bridgehead atoms. The summed E-state index contributed by atoms with van der Waals surface area (Å²) in [5, 5.41) is 22.8. The van der Waals surface area contributed by atoms with E-state index in [1.165, 1.54) is 18.7 Å². The third-order valence-corrected chi connectivity index (χ3v) is 1.99. The summed E-state index contributed by atoms with van der Waals surface area (Å²) in [7, 11) is 0. The number of carboxylic acids is 1. The summed E-state index contributed by atoms with van der Waals surface area (Å²) in [5.74, 6) is -2.33. The van der Waals surface area contributed by atoms with Crippen LogP contribution in [0.15, 0.2) is 18.7 Å². The van der Waals surface area contributed by atoms with E-state index in [4.69, 9.17) is 22.6 Å². The van der Waals surface area contributed by atoms with Crippen LogP contribution < -0.4 is 10.6 Å². The topological polar surface area (TPSA) is 111 Å². The fraction of sp³-hybridized carbons (Fsp3) is 0.222. The summed E-state index contributed by atoms with van der Waals surface area (Å²) in [5.41, 5.74) is 0.578. The molecule has 0 aliphatic heterocycles. The van der Waals surface area contributed by atoms with Gasteiger partial charge in [0.25, 0.3) is 0 Å². The number of nitrogens with zero attached hydrogens (tertiary/aromatic N) is 3. The van der Waals surface area contributed by atoms with E-state index < -0.39 is 11.9 Å². The van der Waals surface area contributed by atoms with Gasteiger partial charge < -0.3 is 15.7 Å². The first-order valence-corrected chi connectivity index (χ1v) is 4.96. The molecule has 0 radical (unpaired) electrons. The highest BCUT2D eigenvalue weighted by Crippen LogP contribution is 2.00. The predicted molar refractivity (Wildman–Crippen MR) is 63.0 cm³/mol. The molecular weight excluding hydrogens is 242 g/mol. The van der Waals surface area contributed by atoms with Crippen LogP contribution in [0.25, 0.3) is 0 Å². The van der Waals surface area contributed by atoms with Crippen molar-refractivity contribution in [2.24, 2.45) is 5.92 Å². The van der Waals surface area contributed by atoms with E-state index in [0.29, 0.717) is 5.69 Å². The standard InChI is InChI=1S/C9H9N5O2S/c10-1-6(8(15)16)2-13-9(17)14-7-3-11-5-12-4-7/h3-6H,2H2,(H,15,16)(H2,13,14,17). The zero-order chi connectivity index (χ0) is 12.7. The van der Waals surface area contributed by atoms with Crippen molar-refractivity contribution in [1.29, 1.82) is 5.26 Å². The van der Waals surface area contributed by atoms with E-state index in [0.717, 1.165) is 0 Å². The maximum atomic E-state index is 10.6. The quantitative estimate of drug-likeness (QED) is 0.641. The summed E-state index contributed by atoms with van der Waals surface area (Å²) < 4.78 is 0. The Bertz CT molecular complexity index is 444. The van der Waals surface area contributed by atoms with Gasteiger partial charge in [-0.2, -0.15) is 5.26 Å². The first kappa shape index (κ1) is 12.8. The molecule has 17 heavy (non-hydrogen) atoms. The minimum atomic E-state index is -1.19. The Hall–Kier alpha value is -2.27. The van der Waals surface area contributed by atoms with Gasteiger partial charge in [-0.05, 0) is 12.2 Å². The van der Waals surface area contributed by atoms with Crippen LogP contribution in [0, 0.1) is 17.2 Å². The number of nitriles is 1. The molecule has 0 spiro atoms. The molecule has 0 saturated heterocycles.